The Morgan fingerprint density at radius 1 is 1.00 bits per heavy atom. The number of carbonyl (C=O) groups is 1. The number of H-pyrrole nitrogens is 1. The van der Waals surface area contributed by atoms with Gasteiger partial charge in [0, 0.05) is 16.7 Å². The maximum Gasteiger partial charge on any atom is 0.269 e. The van der Waals surface area contributed by atoms with Crippen molar-refractivity contribution < 1.29 is 13.6 Å². The van der Waals surface area contributed by atoms with Crippen LogP contribution in [-0.2, 0) is 0 Å². The number of alkyl halides is 1. The second-order valence-electron chi connectivity index (χ2n) is 7.80. The summed E-state index contributed by atoms with van der Waals surface area (Å²) in [6.07, 6.45) is 0. The van der Waals surface area contributed by atoms with E-state index in [4.69, 9.17) is 4.99 Å². The van der Waals surface area contributed by atoms with Gasteiger partial charge in [0.1, 0.15) is 27.1 Å². The lowest BCUT2D eigenvalue weighted by molar-refractivity contribution is 0.0864. The van der Waals surface area contributed by atoms with Crippen molar-refractivity contribution in [1.82, 2.24) is 20.6 Å². The maximum absolute atomic E-state index is 14.1. The average molecular weight is 569 g/mol. The number of aromatic nitrogens is 2. The first-order valence-corrected chi connectivity index (χ1v) is 11.6. The molecular formula is C25H18F2IN5O. The summed E-state index contributed by atoms with van der Waals surface area (Å²) in [5, 5.41) is 9.00. The zero-order valence-electron chi connectivity index (χ0n) is 17.9. The first-order chi connectivity index (χ1) is 16.4. The van der Waals surface area contributed by atoms with Gasteiger partial charge in [0.2, 0.25) is 0 Å². The molecule has 1 amide bonds. The van der Waals surface area contributed by atoms with Crippen molar-refractivity contribution in [3.8, 4) is 11.3 Å². The van der Waals surface area contributed by atoms with Crippen molar-refractivity contribution in [3.63, 3.8) is 0 Å². The molecule has 2 heterocycles. The molecule has 5 rings (SSSR count). The predicted molar refractivity (Wildman–Crippen MR) is 134 cm³/mol. The Kier molecular flexibility index (Phi) is 5.86. The van der Waals surface area contributed by atoms with Crippen molar-refractivity contribution >= 4 is 40.0 Å². The number of nitrogens with zero attached hydrogens (tertiary/aromatic N) is 3. The van der Waals surface area contributed by atoms with Crippen LogP contribution in [0.5, 0.6) is 0 Å². The fraction of sp³-hybridized carbons (Fsp3) is 0.0800. The smallest absolute Gasteiger partial charge is 0.269 e. The summed E-state index contributed by atoms with van der Waals surface area (Å²) in [6, 6.07) is 19.2. The number of amidine groups is 1. The third-order valence-corrected chi connectivity index (χ3v) is 6.56. The van der Waals surface area contributed by atoms with E-state index in [0.29, 0.717) is 39.6 Å². The summed E-state index contributed by atoms with van der Waals surface area (Å²) in [7, 11) is 0. The van der Waals surface area contributed by atoms with Gasteiger partial charge >= 0.3 is 0 Å². The summed E-state index contributed by atoms with van der Waals surface area (Å²) >= 11 is 2.16. The molecule has 1 unspecified atom stereocenters. The second-order valence-corrected chi connectivity index (χ2v) is 8.98. The third kappa shape index (κ3) is 4.18. The number of fused-ring (bicyclic) bond motifs is 1. The molecule has 0 saturated carbocycles. The molecule has 0 aliphatic carbocycles. The van der Waals surface area contributed by atoms with Gasteiger partial charge in [-0.15, -0.1) is 0 Å². The monoisotopic (exact) mass is 569 g/mol. The minimum atomic E-state index is -0.432. The number of hydrazine groups is 1. The lowest BCUT2D eigenvalue weighted by Crippen LogP contribution is -2.48. The van der Waals surface area contributed by atoms with Crippen LogP contribution < -0.4 is 5.43 Å². The first kappa shape index (κ1) is 22.2. The molecule has 1 aliphatic heterocycles. The quantitative estimate of drug-likeness (QED) is 0.185. The fourth-order valence-electron chi connectivity index (χ4n) is 3.74. The van der Waals surface area contributed by atoms with Crippen LogP contribution in [0, 0.1) is 18.6 Å². The number of benzene rings is 3. The molecule has 170 valence electrons. The van der Waals surface area contributed by atoms with Crippen molar-refractivity contribution in [1.29, 1.82) is 0 Å². The van der Waals surface area contributed by atoms with Gasteiger partial charge in [-0.1, -0.05) is 29.8 Å². The van der Waals surface area contributed by atoms with Crippen LogP contribution in [0.25, 0.3) is 11.3 Å². The zero-order chi connectivity index (χ0) is 23.8. The van der Waals surface area contributed by atoms with Crippen LogP contribution >= 0.6 is 22.6 Å². The molecule has 0 fully saturated rings. The van der Waals surface area contributed by atoms with Gasteiger partial charge in [0.05, 0.1) is 5.69 Å². The summed E-state index contributed by atoms with van der Waals surface area (Å²) in [5.41, 5.74) is 7.27. The first-order valence-electron chi connectivity index (χ1n) is 10.4. The molecule has 1 atom stereocenters. The van der Waals surface area contributed by atoms with Crippen LogP contribution in [0.1, 0.15) is 31.2 Å². The Morgan fingerprint density at radius 3 is 2.50 bits per heavy atom. The van der Waals surface area contributed by atoms with E-state index in [-0.39, 0.29) is 11.7 Å². The van der Waals surface area contributed by atoms with Crippen LogP contribution in [0.3, 0.4) is 0 Å². The minimum absolute atomic E-state index is 0.323. The molecule has 6 nitrogen and oxygen atoms in total. The zero-order valence-corrected chi connectivity index (χ0v) is 20.0. The number of aromatic amines is 1. The molecule has 1 aromatic heterocycles. The molecule has 9 heteroatoms. The van der Waals surface area contributed by atoms with E-state index < -0.39 is 9.87 Å². The number of halogens is 3. The van der Waals surface area contributed by atoms with Crippen molar-refractivity contribution in [2.75, 3.05) is 0 Å². The highest BCUT2D eigenvalue weighted by molar-refractivity contribution is 14.1. The van der Waals surface area contributed by atoms with E-state index in [0.717, 1.165) is 5.56 Å². The summed E-state index contributed by atoms with van der Waals surface area (Å²) in [6.45, 7) is 1.91. The molecule has 2 N–H and O–H groups in total. The lowest BCUT2D eigenvalue weighted by atomic mass is 10.1. The molecule has 0 radical (unpaired) electrons. The fourth-order valence-corrected chi connectivity index (χ4v) is 4.57. The van der Waals surface area contributed by atoms with Crippen LogP contribution in [0.2, 0.25) is 0 Å². The summed E-state index contributed by atoms with van der Waals surface area (Å²) in [4.78, 5) is 17.9. The Bertz CT molecular complexity index is 1420. The van der Waals surface area contributed by atoms with Crippen LogP contribution in [0.15, 0.2) is 77.8 Å². The average Bonchev–Trinajstić information content (AvgIpc) is 3.25. The number of hydrogen-bond acceptors (Lipinski definition) is 4. The van der Waals surface area contributed by atoms with Crippen LogP contribution in [-0.4, -0.2) is 26.9 Å². The highest BCUT2D eigenvalue weighted by Crippen LogP contribution is 2.43. The van der Waals surface area contributed by atoms with E-state index in [1.807, 2.05) is 19.1 Å². The Morgan fingerprint density at radius 2 is 1.76 bits per heavy atom. The van der Waals surface area contributed by atoms with Gasteiger partial charge < -0.3 is 0 Å². The van der Waals surface area contributed by atoms with E-state index in [1.165, 1.54) is 24.3 Å². The standard InChI is InChI=1S/C25H18F2IN5O/c1-14-4-2-6-17(12-14)25(34)32-33-23(28)22-21(29-24(33)16-5-3-7-19(27)13-16)20(30-31-22)15-8-10-18(26)11-9-15/h2-13,23H,1H3,(H,30,31)(H,32,34). The molecule has 3 aromatic carbocycles. The SMILES string of the molecule is Cc1cccc(C(=O)NN2C(c3cccc(F)c3)=Nc3c(-c4ccc(F)cc4)n[nH]c3C2I)c1. The number of carbonyl (C=O) groups excluding carboxylic acids is 1. The molecule has 1 aliphatic rings. The normalized spacial score (nSPS) is 15.0. The highest BCUT2D eigenvalue weighted by atomic mass is 127. The van der Waals surface area contributed by atoms with E-state index in [9.17, 15) is 13.6 Å². The summed E-state index contributed by atoms with van der Waals surface area (Å²) in [5.74, 6) is -0.741. The number of nitrogens with one attached hydrogen (secondary N) is 2. The summed E-state index contributed by atoms with van der Waals surface area (Å²) < 4.78 is 27.1. The number of aliphatic imine (C=N–C) groups is 1. The van der Waals surface area contributed by atoms with Gasteiger partial charge in [-0.05, 0) is 78.0 Å². The molecule has 34 heavy (non-hydrogen) atoms. The Hall–Kier alpha value is -3.60. The van der Waals surface area contributed by atoms with Gasteiger partial charge in [-0.25, -0.2) is 18.8 Å². The van der Waals surface area contributed by atoms with Gasteiger partial charge in [-0.2, -0.15) is 5.10 Å². The largest absolute Gasteiger partial charge is 0.277 e. The topological polar surface area (TPSA) is 73.4 Å². The van der Waals surface area contributed by atoms with E-state index >= 15 is 0 Å². The molecule has 4 aromatic rings. The Balaban J connectivity index is 1.60. The van der Waals surface area contributed by atoms with E-state index in [2.05, 4.69) is 38.2 Å². The number of amides is 1. The van der Waals surface area contributed by atoms with Crippen molar-refractivity contribution in [3.05, 3.63) is 107 Å². The number of hydrogen-bond donors (Lipinski definition) is 2. The van der Waals surface area contributed by atoms with Crippen molar-refractivity contribution in [2.24, 2.45) is 4.99 Å². The van der Waals surface area contributed by atoms with Crippen LogP contribution in [0.4, 0.5) is 14.5 Å². The highest BCUT2D eigenvalue weighted by Gasteiger charge is 2.34. The predicted octanol–water partition coefficient (Wildman–Crippen LogP) is 5.84. The Labute approximate surface area is 207 Å². The number of rotatable bonds is 4. The number of aryl methyl sites for hydroxylation is 1. The second kappa shape index (κ2) is 8.98. The third-order valence-electron chi connectivity index (χ3n) is 5.38. The molecule has 0 saturated heterocycles. The molecule has 0 bridgehead atoms. The lowest BCUT2D eigenvalue weighted by Gasteiger charge is -2.33. The molecule has 0 spiro atoms. The van der Waals surface area contributed by atoms with Gasteiger partial charge in [0.25, 0.3) is 5.91 Å². The van der Waals surface area contributed by atoms with Crippen molar-refractivity contribution in [2.45, 2.75) is 11.0 Å². The minimum Gasteiger partial charge on any atom is -0.277 e. The maximum atomic E-state index is 14.1. The van der Waals surface area contributed by atoms with Gasteiger partial charge in [0.15, 0.2) is 5.84 Å². The van der Waals surface area contributed by atoms with Gasteiger partial charge in [-0.3, -0.25) is 15.3 Å². The molecular weight excluding hydrogens is 551 g/mol. The van der Waals surface area contributed by atoms with E-state index in [1.54, 1.807) is 41.4 Å².